The number of halogens is 3. The van der Waals surface area contributed by atoms with Crippen molar-refractivity contribution in [3.63, 3.8) is 0 Å². The summed E-state index contributed by atoms with van der Waals surface area (Å²) >= 11 is 1.13. The van der Waals surface area contributed by atoms with Crippen LogP contribution in [-0.2, 0) is 13.2 Å². The zero-order chi connectivity index (χ0) is 16.6. The SMILES string of the molecule is Cn1nc(-c2ccc(C(=O)c3ccccc3)s2)cc1C(F)(F)F. The van der Waals surface area contributed by atoms with Crippen molar-refractivity contribution in [1.29, 1.82) is 0 Å². The number of thiophene rings is 1. The first-order chi connectivity index (χ1) is 10.9. The van der Waals surface area contributed by atoms with E-state index in [4.69, 9.17) is 0 Å². The summed E-state index contributed by atoms with van der Waals surface area (Å²) in [7, 11) is 1.25. The Morgan fingerprint density at radius 2 is 1.83 bits per heavy atom. The Balaban J connectivity index is 1.93. The van der Waals surface area contributed by atoms with Crippen molar-refractivity contribution >= 4 is 17.1 Å². The van der Waals surface area contributed by atoms with Gasteiger partial charge in [0.2, 0.25) is 5.78 Å². The number of carbonyl (C=O) groups excluding carboxylic acids is 1. The molecule has 0 aliphatic heterocycles. The van der Waals surface area contributed by atoms with Gasteiger partial charge in [-0.25, -0.2) is 0 Å². The predicted molar refractivity (Wildman–Crippen MR) is 81.4 cm³/mol. The average molecular weight is 336 g/mol. The molecule has 0 radical (unpaired) electrons. The average Bonchev–Trinajstić information content (AvgIpc) is 3.13. The van der Waals surface area contributed by atoms with Gasteiger partial charge in [0.05, 0.1) is 9.75 Å². The van der Waals surface area contributed by atoms with E-state index in [-0.39, 0.29) is 11.5 Å². The summed E-state index contributed by atoms with van der Waals surface area (Å²) in [5, 5.41) is 3.89. The van der Waals surface area contributed by atoms with Crippen LogP contribution >= 0.6 is 11.3 Å². The van der Waals surface area contributed by atoms with E-state index in [1.165, 1.54) is 7.05 Å². The molecule has 0 atom stereocenters. The molecule has 0 N–H and O–H groups in total. The number of ketones is 1. The highest BCUT2D eigenvalue weighted by Crippen LogP contribution is 2.34. The standard InChI is InChI=1S/C16H11F3N2OS/c1-21-14(16(17,18)19)9-11(20-21)12-7-8-13(23-12)15(22)10-5-3-2-4-6-10/h2-9H,1H3. The Hall–Kier alpha value is -2.41. The van der Waals surface area contributed by atoms with Crippen LogP contribution < -0.4 is 0 Å². The van der Waals surface area contributed by atoms with Crippen molar-refractivity contribution in [3.05, 3.63) is 64.7 Å². The first-order valence-corrected chi connectivity index (χ1v) is 7.49. The lowest BCUT2D eigenvalue weighted by molar-refractivity contribution is -0.143. The third-order valence-electron chi connectivity index (χ3n) is 3.29. The highest BCUT2D eigenvalue weighted by atomic mass is 32.1. The maximum atomic E-state index is 12.8. The van der Waals surface area contributed by atoms with Gasteiger partial charge in [-0.2, -0.15) is 18.3 Å². The van der Waals surface area contributed by atoms with Crippen molar-refractivity contribution in [2.45, 2.75) is 6.18 Å². The summed E-state index contributed by atoms with van der Waals surface area (Å²) in [4.78, 5) is 13.3. The second-order valence-corrected chi connectivity index (χ2v) is 5.98. The van der Waals surface area contributed by atoms with Crippen LogP contribution in [0.2, 0.25) is 0 Å². The molecular weight excluding hydrogens is 325 g/mol. The molecule has 0 saturated carbocycles. The molecule has 1 aromatic carbocycles. The molecule has 0 bridgehead atoms. The number of hydrogen-bond acceptors (Lipinski definition) is 3. The molecule has 3 rings (SSSR count). The van der Waals surface area contributed by atoms with Gasteiger partial charge < -0.3 is 0 Å². The summed E-state index contributed by atoms with van der Waals surface area (Å²) in [5.74, 6) is -0.158. The predicted octanol–water partition coefficient (Wildman–Crippen LogP) is 4.40. The van der Waals surface area contributed by atoms with E-state index < -0.39 is 11.9 Å². The van der Waals surface area contributed by atoms with Crippen LogP contribution in [0.25, 0.3) is 10.6 Å². The number of hydrogen-bond donors (Lipinski definition) is 0. The fraction of sp³-hybridized carbons (Fsp3) is 0.125. The maximum Gasteiger partial charge on any atom is 0.433 e. The molecule has 0 saturated heterocycles. The lowest BCUT2D eigenvalue weighted by Crippen LogP contribution is -2.11. The third-order valence-corrected chi connectivity index (χ3v) is 4.39. The molecule has 0 aliphatic carbocycles. The summed E-state index contributed by atoms with van der Waals surface area (Å²) < 4.78 is 39.3. The molecule has 118 valence electrons. The van der Waals surface area contributed by atoms with Gasteiger partial charge in [-0.05, 0) is 18.2 Å². The van der Waals surface area contributed by atoms with E-state index in [2.05, 4.69) is 5.10 Å². The number of nitrogens with zero attached hydrogens (tertiary/aromatic N) is 2. The van der Waals surface area contributed by atoms with Crippen molar-refractivity contribution in [2.75, 3.05) is 0 Å². The van der Waals surface area contributed by atoms with Crippen LogP contribution in [0.5, 0.6) is 0 Å². The van der Waals surface area contributed by atoms with Gasteiger partial charge in [0.15, 0.2) is 0 Å². The van der Waals surface area contributed by atoms with Crippen LogP contribution in [0, 0.1) is 0 Å². The summed E-state index contributed by atoms with van der Waals surface area (Å²) in [6, 6.07) is 12.9. The Morgan fingerprint density at radius 1 is 1.13 bits per heavy atom. The van der Waals surface area contributed by atoms with Gasteiger partial charge in [-0.15, -0.1) is 11.3 Å². The Bertz CT molecular complexity index is 850. The topological polar surface area (TPSA) is 34.9 Å². The zero-order valence-corrected chi connectivity index (χ0v) is 12.8. The molecule has 7 heteroatoms. The van der Waals surface area contributed by atoms with Crippen LogP contribution in [0.3, 0.4) is 0 Å². The van der Waals surface area contributed by atoms with Crippen LogP contribution in [0.15, 0.2) is 48.5 Å². The molecule has 0 fully saturated rings. The lowest BCUT2D eigenvalue weighted by Gasteiger charge is -2.04. The molecule has 0 spiro atoms. The first kappa shape index (κ1) is 15.5. The molecule has 3 nitrogen and oxygen atoms in total. The first-order valence-electron chi connectivity index (χ1n) is 6.67. The summed E-state index contributed by atoms with van der Waals surface area (Å²) in [6.07, 6.45) is -4.46. The van der Waals surface area contributed by atoms with Gasteiger partial charge in [0, 0.05) is 12.6 Å². The van der Waals surface area contributed by atoms with Crippen molar-refractivity contribution in [3.8, 4) is 10.6 Å². The second-order valence-electron chi connectivity index (χ2n) is 4.90. The molecular formula is C16H11F3N2OS. The normalized spacial score (nSPS) is 11.7. The number of aromatic nitrogens is 2. The maximum absolute atomic E-state index is 12.8. The van der Waals surface area contributed by atoms with Gasteiger partial charge in [0.25, 0.3) is 0 Å². The Kier molecular flexibility index (Phi) is 3.81. The monoisotopic (exact) mass is 336 g/mol. The highest BCUT2D eigenvalue weighted by Gasteiger charge is 2.35. The number of benzene rings is 1. The molecule has 0 amide bonds. The van der Waals surface area contributed by atoms with E-state index in [1.54, 1.807) is 36.4 Å². The molecule has 0 unspecified atom stereocenters. The summed E-state index contributed by atoms with van der Waals surface area (Å²) in [6.45, 7) is 0. The van der Waals surface area contributed by atoms with Gasteiger partial charge in [-0.3, -0.25) is 9.48 Å². The zero-order valence-electron chi connectivity index (χ0n) is 12.0. The smallest absolute Gasteiger partial charge is 0.288 e. The van der Waals surface area contributed by atoms with Crippen LogP contribution in [-0.4, -0.2) is 15.6 Å². The second kappa shape index (κ2) is 5.66. The number of carbonyl (C=O) groups is 1. The van der Waals surface area contributed by atoms with Crippen LogP contribution in [0.4, 0.5) is 13.2 Å². The quantitative estimate of drug-likeness (QED) is 0.665. The lowest BCUT2D eigenvalue weighted by atomic mass is 10.1. The molecule has 2 heterocycles. The Morgan fingerprint density at radius 3 is 2.43 bits per heavy atom. The number of rotatable bonds is 3. The van der Waals surface area contributed by atoms with Crippen molar-refractivity contribution < 1.29 is 18.0 Å². The van der Waals surface area contributed by atoms with E-state index >= 15 is 0 Å². The van der Waals surface area contributed by atoms with Gasteiger partial charge >= 0.3 is 6.18 Å². The van der Waals surface area contributed by atoms with E-state index in [9.17, 15) is 18.0 Å². The Labute approximate surface area is 134 Å². The largest absolute Gasteiger partial charge is 0.433 e. The minimum absolute atomic E-state index is 0.158. The number of alkyl halides is 3. The van der Waals surface area contributed by atoms with Crippen molar-refractivity contribution in [1.82, 2.24) is 9.78 Å². The van der Waals surface area contributed by atoms with E-state index in [0.717, 1.165) is 22.1 Å². The molecule has 3 aromatic rings. The molecule has 2 aromatic heterocycles. The minimum Gasteiger partial charge on any atom is -0.288 e. The minimum atomic E-state index is -4.46. The van der Waals surface area contributed by atoms with Gasteiger partial charge in [0.1, 0.15) is 11.4 Å². The van der Waals surface area contributed by atoms with E-state index in [1.807, 2.05) is 6.07 Å². The summed E-state index contributed by atoms with van der Waals surface area (Å²) in [5.41, 5.74) is -0.0772. The fourth-order valence-electron chi connectivity index (χ4n) is 2.18. The highest BCUT2D eigenvalue weighted by molar-refractivity contribution is 7.17. The van der Waals surface area contributed by atoms with Crippen LogP contribution in [0.1, 0.15) is 20.9 Å². The number of aryl methyl sites for hydroxylation is 1. The van der Waals surface area contributed by atoms with Gasteiger partial charge in [-0.1, -0.05) is 30.3 Å². The molecule has 0 aliphatic rings. The third kappa shape index (κ3) is 3.05. The van der Waals surface area contributed by atoms with Crippen molar-refractivity contribution in [2.24, 2.45) is 7.05 Å². The van der Waals surface area contributed by atoms with E-state index in [0.29, 0.717) is 15.3 Å². The fourth-order valence-corrected chi connectivity index (χ4v) is 3.11. The molecule has 23 heavy (non-hydrogen) atoms.